The number of hydrogen-bond donors (Lipinski definition) is 2. The number of fused-ring (bicyclic) bond motifs is 1. The first-order valence-electron chi connectivity index (χ1n) is 11.6. The molecule has 6 heteroatoms. The molecule has 2 aliphatic carbocycles. The van der Waals surface area contributed by atoms with Crippen LogP contribution in [0, 0.1) is 0 Å². The fraction of sp³-hybridized carbons (Fsp3) is 0.308. The van der Waals surface area contributed by atoms with Gasteiger partial charge in [-0.1, -0.05) is 59.0 Å². The molecule has 3 aliphatic rings. The molecule has 3 aromatic rings. The van der Waals surface area contributed by atoms with E-state index in [2.05, 4.69) is 22.4 Å². The second-order valence-corrected chi connectivity index (χ2v) is 7.83. The Balaban J connectivity index is 0.000000139. The summed E-state index contributed by atoms with van der Waals surface area (Å²) in [6.07, 6.45) is 9.04. The predicted molar refractivity (Wildman–Crippen MR) is 142 cm³/mol. The van der Waals surface area contributed by atoms with Gasteiger partial charge in [-0.15, -0.1) is 0 Å². The Labute approximate surface area is 206 Å². The monoisotopic (exact) mass is 543 g/mol. The number of rotatable bonds is 3. The predicted octanol–water partition coefficient (Wildman–Crippen LogP) is 5.71. The summed E-state index contributed by atoms with van der Waals surface area (Å²) in [5, 5.41) is 3.36. The summed E-state index contributed by atoms with van der Waals surface area (Å²) in [4.78, 5) is 17.9. The zero-order valence-electron chi connectivity index (χ0n) is 19.2. The van der Waals surface area contributed by atoms with Gasteiger partial charge in [-0.05, 0) is 66.5 Å². The minimum Gasteiger partial charge on any atom is -0.397 e. The Morgan fingerprint density at radius 2 is 1.66 bits per heavy atom. The van der Waals surface area contributed by atoms with Crippen LogP contribution >= 0.6 is 22.6 Å². The van der Waals surface area contributed by atoms with Gasteiger partial charge in [0.15, 0.2) is 0 Å². The highest BCUT2D eigenvalue weighted by Crippen LogP contribution is 2.38. The normalized spacial score (nSPS) is 16.1. The molecule has 2 fully saturated rings. The third kappa shape index (κ3) is 7.22. The maximum Gasteiger partial charge on any atom is 0.231 e. The molecule has 0 saturated heterocycles. The lowest BCUT2D eigenvalue weighted by atomic mass is 10.2. The minimum atomic E-state index is 0.281. The molecule has 5 nitrogen and oxygen atoms in total. The van der Waals surface area contributed by atoms with Crippen LogP contribution in [0.3, 0.4) is 0 Å². The van der Waals surface area contributed by atoms with E-state index in [1.807, 2.05) is 82.1 Å². The number of nitrogens with one attached hydrogen (secondary N) is 1. The van der Waals surface area contributed by atoms with Crippen LogP contribution in [0.25, 0.3) is 0 Å². The molecule has 0 bridgehead atoms. The Morgan fingerprint density at radius 3 is 2.22 bits per heavy atom. The van der Waals surface area contributed by atoms with Crippen LogP contribution in [0.4, 0.5) is 17.1 Å². The number of nitrogens with zero attached hydrogens (tertiary/aromatic N) is 2. The molecule has 0 atom stereocenters. The first-order chi connectivity index (χ1) is 16.1. The SMILES string of the molecule is Nc1ccccc1NC1CC1.O=C1Cc2ccccc2N1C1CC1.[2H]CI.c1ccncc1. The van der Waals surface area contributed by atoms with Crippen LogP contribution < -0.4 is 16.0 Å². The van der Waals surface area contributed by atoms with Gasteiger partial charge in [0.1, 0.15) is 0 Å². The molecular formula is C26H31IN4O. The maximum atomic E-state index is 11.6. The Kier molecular flexibility index (Phi) is 8.77. The highest BCUT2D eigenvalue weighted by Gasteiger charge is 2.38. The Bertz CT molecular complexity index is 970. The second-order valence-electron chi connectivity index (χ2n) is 7.83. The number of benzene rings is 2. The van der Waals surface area contributed by atoms with Crippen LogP contribution in [-0.4, -0.2) is 27.9 Å². The fourth-order valence-electron chi connectivity index (χ4n) is 3.40. The topological polar surface area (TPSA) is 71.2 Å². The van der Waals surface area contributed by atoms with Gasteiger partial charge in [0.25, 0.3) is 0 Å². The van der Waals surface area contributed by atoms with Gasteiger partial charge in [-0.3, -0.25) is 9.78 Å². The molecule has 2 heterocycles. The molecule has 2 saturated carbocycles. The van der Waals surface area contributed by atoms with Gasteiger partial charge in [0, 0.05) is 31.5 Å². The lowest BCUT2D eigenvalue weighted by Gasteiger charge is -2.15. The fourth-order valence-corrected chi connectivity index (χ4v) is 3.40. The summed E-state index contributed by atoms with van der Waals surface area (Å²) in [6.45, 7) is 0. The molecule has 168 valence electrons. The van der Waals surface area contributed by atoms with Crippen molar-refractivity contribution in [3.05, 3.63) is 84.7 Å². The molecule has 0 radical (unpaired) electrons. The molecule has 0 spiro atoms. The number of amides is 1. The highest BCUT2D eigenvalue weighted by atomic mass is 127. The van der Waals surface area contributed by atoms with E-state index in [0.29, 0.717) is 23.4 Å². The van der Waals surface area contributed by atoms with Crippen molar-refractivity contribution in [3.8, 4) is 0 Å². The average molecular weight is 543 g/mol. The summed E-state index contributed by atoms with van der Waals surface area (Å²) in [7, 11) is 0. The average Bonchev–Trinajstić information content (AvgIpc) is 3.77. The summed E-state index contributed by atoms with van der Waals surface area (Å²) in [6, 6.07) is 22.9. The van der Waals surface area contributed by atoms with Crippen LogP contribution in [0.1, 0.15) is 32.6 Å². The molecule has 0 unspecified atom stereocenters. The van der Waals surface area contributed by atoms with Gasteiger partial charge >= 0.3 is 0 Å². The summed E-state index contributed by atoms with van der Waals surface area (Å²) < 4.78 is 6.20. The van der Waals surface area contributed by atoms with E-state index >= 15 is 0 Å². The van der Waals surface area contributed by atoms with Crippen molar-refractivity contribution < 1.29 is 6.17 Å². The van der Waals surface area contributed by atoms with E-state index in [1.54, 1.807) is 12.4 Å². The summed E-state index contributed by atoms with van der Waals surface area (Å²) in [5.74, 6) is 0.281. The van der Waals surface area contributed by atoms with Gasteiger partial charge in [0.2, 0.25) is 5.91 Å². The molecule has 1 amide bonds. The van der Waals surface area contributed by atoms with Gasteiger partial charge < -0.3 is 16.0 Å². The number of nitrogen functional groups attached to an aromatic ring is 1. The van der Waals surface area contributed by atoms with E-state index in [-0.39, 0.29) is 5.91 Å². The smallest absolute Gasteiger partial charge is 0.231 e. The number of nitrogens with two attached hydrogens (primary N) is 1. The molecule has 32 heavy (non-hydrogen) atoms. The molecule has 3 N–H and O–H groups in total. The zero-order chi connectivity index (χ0) is 23.5. The zero-order valence-corrected chi connectivity index (χ0v) is 20.3. The van der Waals surface area contributed by atoms with Crippen molar-refractivity contribution in [2.75, 3.05) is 20.9 Å². The minimum absolute atomic E-state index is 0.281. The van der Waals surface area contributed by atoms with E-state index in [9.17, 15) is 4.79 Å². The van der Waals surface area contributed by atoms with Crippen LogP contribution in [0.2, 0.25) is 0 Å². The van der Waals surface area contributed by atoms with Crippen molar-refractivity contribution in [2.24, 2.45) is 0 Å². The molecule has 2 aromatic carbocycles. The number of hydrogen-bond acceptors (Lipinski definition) is 4. The van der Waals surface area contributed by atoms with Crippen molar-refractivity contribution in [1.29, 1.82) is 0 Å². The lowest BCUT2D eigenvalue weighted by molar-refractivity contribution is -0.117. The number of pyridine rings is 1. The quantitative estimate of drug-likeness (QED) is 0.252. The van der Waals surface area contributed by atoms with Crippen LogP contribution in [0.5, 0.6) is 0 Å². The first kappa shape index (κ1) is 22.6. The number of para-hydroxylation sites is 3. The number of carbonyl (C=O) groups is 1. The number of anilines is 3. The largest absolute Gasteiger partial charge is 0.397 e. The van der Waals surface area contributed by atoms with Gasteiger partial charge in [-0.2, -0.15) is 0 Å². The summed E-state index contributed by atoms with van der Waals surface area (Å²) >= 11 is 1.96. The Morgan fingerprint density at radius 1 is 1.00 bits per heavy atom. The number of aromatic nitrogens is 1. The number of alkyl halides is 1. The van der Waals surface area contributed by atoms with Crippen molar-refractivity contribution in [2.45, 2.75) is 44.2 Å². The Hall–Kier alpha value is -2.61. The van der Waals surface area contributed by atoms with Crippen molar-refractivity contribution >= 4 is 45.6 Å². The highest BCUT2D eigenvalue weighted by molar-refractivity contribution is 14.1. The van der Waals surface area contributed by atoms with E-state index < -0.39 is 0 Å². The third-order valence-corrected chi connectivity index (χ3v) is 5.24. The van der Waals surface area contributed by atoms with Crippen molar-refractivity contribution in [3.63, 3.8) is 0 Å². The lowest BCUT2D eigenvalue weighted by Crippen LogP contribution is -2.28. The van der Waals surface area contributed by atoms with Crippen LogP contribution in [0.15, 0.2) is 79.1 Å². The number of carbonyl (C=O) groups excluding carboxylic acids is 1. The van der Waals surface area contributed by atoms with Crippen LogP contribution in [-0.2, 0) is 11.2 Å². The standard InChI is InChI=1S/C11H11NO.C9H12N2.C5H5N.CH3I/c13-11-7-8-3-1-2-4-10(8)12(11)9-5-6-9;10-8-3-1-2-4-9(8)11-7-5-6-7;1-2-4-6-5-3-1;1-2/h1-4,9H,5-7H2;1-4,7,11H,5-6,10H2;1-5H;1H3/i;;;1D. The summed E-state index contributed by atoms with van der Waals surface area (Å²) in [5.41, 5.74) is 10.0. The maximum absolute atomic E-state index is 11.6. The van der Waals surface area contributed by atoms with E-state index in [0.717, 1.165) is 17.1 Å². The molecule has 1 aromatic heterocycles. The molecule has 1 aliphatic heterocycles. The molecule has 6 rings (SSSR count). The first-order valence-corrected chi connectivity index (χ1v) is 12.4. The van der Waals surface area contributed by atoms with Gasteiger partial charge in [0.05, 0.1) is 17.8 Å². The van der Waals surface area contributed by atoms with Crippen molar-refractivity contribution in [1.82, 2.24) is 4.98 Å². The van der Waals surface area contributed by atoms with E-state index in [1.165, 1.54) is 31.2 Å². The van der Waals surface area contributed by atoms with Gasteiger partial charge in [-0.25, -0.2) is 0 Å². The second kappa shape index (κ2) is 12.4. The number of halogens is 1. The molecular weight excluding hydrogens is 511 g/mol. The van der Waals surface area contributed by atoms with E-state index in [4.69, 9.17) is 7.10 Å². The third-order valence-electron chi connectivity index (χ3n) is 5.24.